The Balaban J connectivity index is 1.84. The molecule has 1 heterocycles. The summed E-state index contributed by atoms with van der Waals surface area (Å²) in [6.07, 6.45) is -2.79. The standard InChI is InChI=1S/C26H28F4N4O2S/c1-5-18-10-9-17(4)23(13-18)33-25-31-15-21(26(28,29)30)22(32-25)8-6-7-19-11-12-20(27)14-24(19)34-37(35,36)16(2)3/h9-15,34H,2,5-8H2,1,3-4H3,(H,31,32,33). The lowest BCUT2D eigenvalue weighted by Crippen LogP contribution is -2.15. The first-order chi connectivity index (χ1) is 17.3. The van der Waals surface area contributed by atoms with Gasteiger partial charge in [-0.2, -0.15) is 13.2 Å². The number of nitrogens with one attached hydrogen (secondary N) is 2. The van der Waals surface area contributed by atoms with Gasteiger partial charge in [0.05, 0.1) is 21.8 Å². The SMILES string of the molecule is C=C(C)S(=O)(=O)Nc1cc(F)ccc1CCCc1nc(Nc2cc(CC)ccc2C)ncc1C(F)(F)F. The number of halogens is 4. The molecule has 0 amide bonds. The van der Waals surface area contributed by atoms with E-state index in [-0.39, 0.29) is 41.5 Å². The highest BCUT2D eigenvalue weighted by atomic mass is 32.2. The highest BCUT2D eigenvalue weighted by molar-refractivity contribution is 7.96. The minimum Gasteiger partial charge on any atom is -0.324 e. The Morgan fingerprint density at radius 1 is 1.08 bits per heavy atom. The van der Waals surface area contributed by atoms with Gasteiger partial charge in [0.15, 0.2) is 0 Å². The van der Waals surface area contributed by atoms with Crippen LogP contribution in [0.2, 0.25) is 0 Å². The van der Waals surface area contributed by atoms with Crippen LogP contribution in [-0.2, 0) is 35.5 Å². The van der Waals surface area contributed by atoms with Gasteiger partial charge in [0.1, 0.15) is 5.82 Å². The molecule has 0 saturated heterocycles. The van der Waals surface area contributed by atoms with Gasteiger partial charge in [0.2, 0.25) is 5.95 Å². The third kappa shape index (κ3) is 7.28. The summed E-state index contributed by atoms with van der Waals surface area (Å²) in [5.74, 6) is -0.618. The van der Waals surface area contributed by atoms with Crippen LogP contribution in [0.1, 0.15) is 48.2 Å². The minimum absolute atomic E-state index is 0.00960. The molecule has 3 rings (SSSR count). The van der Waals surface area contributed by atoms with Crippen molar-refractivity contribution < 1.29 is 26.0 Å². The maximum Gasteiger partial charge on any atom is 0.419 e. The zero-order valence-corrected chi connectivity index (χ0v) is 21.5. The van der Waals surface area contributed by atoms with Crippen LogP contribution in [0.25, 0.3) is 0 Å². The zero-order valence-electron chi connectivity index (χ0n) is 20.7. The molecule has 0 saturated carbocycles. The van der Waals surface area contributed by atoms with Crippen LogP contribution in [0.15, 0.2) is 54.1 Å². The van der Waals surface area contributed by atoms with Crippen LogP contribution in [0.5, 0.6) is 0 Å². The van der Waals surface area contributed by atoms with E-state index in [2.05, 4.69) is 26.6 Å². The summed E-state index contributed by atoms with van der Waals surface area (Å²) in [7, 11) is -3.93. The van der Waals surface area contributed by atoms with E-state index in [0.29, 0.717) is 11.3 Å². The Morgan fingerprint density at radius 2 is 1.81 bits per heavy atom. The van der Waals surface area contributed by atoms with Crippen LogP contribution in [0, 0.1) is 12.7 Å². The lowest BCUT2D eigenvalue weighted by Gasteiger charge is -2.16. The van der Waals surface area contributed by atoms with Crippen molar-refractivity contribution in [2.45, 2.75) is 52.6 Å². The summed E-state index contributed by atoms with van der Waals surface area (Å²) in [6, 6.07) is 9.37. The van der Waals surface area contributed by atoms with Gasteiger partial charge in [-0.05, 0) is 74.4 Å². The summed E-state index contributed by atoms with van der Waals surface area (Å²) in [4.78, 5) is 7.88. The molecule has 0 atom stereocenters. The van der Waals surface area contributed by atoms with E-state index in [9.17, 15) is 26.0 Å². The van der Waals surface area contributed by atoms with E-state index in [4.69, 9.17) is 0 Å². The van der Waals surface area contributed by atoms with Crippen LogP contribution in [0.4, 0.5) is 34.9 Å². The van der Waals surface area contributed by atoms with Crippen molar-refractivity contribution in [2.75, 3.05) is 10.0 Å². The molecule has 0 aliphatic rings. The largest absolute Gasteiger partial charge is 0.419 e. The predicted molar refractivity (Wildman–Crippen MR) is 137 cm³/mol. The summed E-state index contributed by atoms with van der Waals surface area (Å²) in [5.41, 5.74) is 1.95. The van der Waals surface area contributed by atoms with E-state index >= 15 is 0 Å². The second-order valence-electron chi connectivity index (χ2n) is 8.64. The molecule has 3 aromatic rings. The van der Waals surface area contributed by atoms with E-state index in [1.807, 2.05) is 32.0 Å². The Bertz CT molecular complexity index is 1410. The van der Waals surface area contributed by atoms with E-state index in [1.54, 1.807) is 0 Å². The molecule has 0 fully saturated rings. The van der Waals surface area contributed by atoms with Crippen molar-refractivity contribution in [2.24, 2.45) is 0 Å². The highest BCUT2D eigenvalue weighted by Crippen LogP contribution is 2.33. The van der Waals surface area contributed by atoms with Gasteiger partial charge in [0.25, 0.3) is 10.0 Å². The molecule has 0 radical (unpaired) electrons. The number of aromatic nitrogens is 2. The molecule has 11 heteroatoms. The minimum atomic E-state index is -4.65. The second kappa shape index (κ2) is 11.3. The molecule has 198 valence electrons. The molecular weight excluding hydrogens is 508 g/mol. The fourth-order valence-corrected chi connectivity index (χ4v) is 4.24. The summed E-state index contributed by atoms with van der Waals surface area (Å²) in [5, 5.41) is 3.01. The zero-order chi connectivity index (χ0) is 27.4. The maximum atomic E-state index is 13.8. The number of anilines is 3. The summed E-state index contributed by atoms with van der Waals surface area (Å²) < 4.78 is 81.4. The number of sulfonamides is 1. The molecule has 2 aromatic carbocycles. The third-order valence-electron chi connectivity index (χ3n) is 5.76. The number of nitrogens with zero attached hydrogens (tertiary/aromatic N) is 2. The number of alkyl halides is 3. The molecule has 6 nitrogen and oxygen atoms in total. The van der Waals surface area contributed by atoms with E-state index < -0.39 is 27.6 Å². The molecule has 37 heavy (non-hydrogen) atoms. The molecule has 0 unspecified atom stereocenters. The average Bonchev–Trinajstić information content (AvgIpc) is 2.81. The molecule has 0 bridgehead atoms. The van der Waals surface area contributed by atoms with E-state index in [0.717, 1.165) is 35.9 Å². The first-order valence-electron chi connectivity index (χ1n) is 11.6. The lowest BCUT2D eigenvalue weighted by atomic mass is 10.0. The molecule has 0 spiro atoms. The molecule has 0 aliphatic carbocycles. The Morgan fingerprint density at radius 3 is 2.46 bits per heavy atom. The van der Waals surface area contributed by atoms with Crippen LogP contribution >= 0.6 is 0 Å². The van der Waals surface area contributed by atoms with Crippen LogP contribution < -0.4 is 10.0 Å². The van der Waals surface area contributed by atoms with Crippen molar-refractivity contribution in [3.8, 4) is 0 Å². The second-order valence-corrected chi connectivity index (χ2v) is 10.6. The predicted octanol–water partition coefficient (Wildman–Crippen LogP) is 6.70. The van der Waals surface area contributed by atoms with Crippen molar-refractivity contribution in [3.05, 3.63) is 87.8 Å². The highest BCUT2D eigenvalue weighted by Gasteiger charge is 2.34. The number of hydrogen-bond donors (Lipinski definition) is 2. The van der Waals surface area contributed by atoms with Gasteiger partial charge in [-0.15, -0.1) is 0 Å². The van der Waals surface area contributed by atoms with Gasteiger partial charge in [-0.1, -0.05) is 31.7 Å². The van der Waals surface area contributed by atoms with Crippen LogP contribution in [-0.4, -0.2) is 18.4 Å². The average molecular weight is 537 g/mol. The molecular formula is C26H28F4N4O2S. The van der Waals surface area contributed by atoms with Gasteiger partial charge in [-0.25, -0.2) is 22.8 Å². The first kappa shape index (κ1) is 28.1. The number of aryl methyl sites for hydroxylation is 4. The Labute approximate surface area is 213 Å². The summed E-state index contributed by atoms with van der Waals surface area (Å²) in [6.45, 7) is 8.55. The Kier molecular flexibility index (Phi) is 8.57. The monoisotopic (exact) mass is 536 g/mol. The number of rotatable bonds is 10. The van der Waals surface area contributed by atoms with Crippen molar-refractivity contribution in [1.82, 2.24) is 9.97 Å². The number of allylic oxidation sites excluding steroid dienone is 1. The lowest BCUT2D eigenvalue weighted by molar-refractivity contribution is -0.138. The fraction of sp³-hybridized carbons (Fsp3) is 0.308. The van der Waals surface area contributed by atoms with Gasteiger partial charge in [0, 0.05) is 11.9 Å². The van der Waals surface area contributed by atoms with Crippen LogP contribution in [0.3, 0.4) is 0 Å². The van der Waals surface area contributed by atoms with Gasteiger partial charge >= 0.3 is 6.18 Å². The third-order valence-corrected chi connectivity index (χ3v) is 7.17. The Hall–Kier alpha value is -3.47. The molecule has 1 aromatic heterocycles. The van der Waals surface area contributed by atoms with Gasteiger partial charge in [-0.3, -0.25) is 4.72 Å². The fourth-order valence-electron chi connectivity index (χ4n) is 3.59. The normalized spacial score (nSPS) is 11.9. The quantitative estimate of drug-likeness (QED) is 0.282. The maximum absolute atomic E-state index is 13.8. The number of benzene rings is 2. The van der Waals surface area contributed by atoms with Crippen molar-refractivity contribution in [3.63, 3.8) is 0 Å². The van der Waals surface area contributed by atoms with Gasteiger partial charge < -0.3 is 5.32 Å². The first-order valence-corrected chi connectivity index (χ1v) is 13.0. The molecule has 2 N–H and O–H groups in total. The topological polar surface area (TPSA) is 84.0 Å². The van der Waals surface area contributed by atoms with Crippen molar-refractivity contribution >= 4 is 27.3 Å². The summed E-state index contributed by atoms with van der Waals surface area (Å²) >= 11 is 0. The smallest absolute Gasteiger partial charge is 0.324 e. The van der Waals surface area contributed by atoms with E-state index in [1.165, 1.54) is 13.0 Å². The van der Waals surface area contributed by atoms with Crippen molar-refractivity contribution in [1.29, 1.82) is 0 Å². The number of hydrogen-bond acceptors (Lipinski definition) is 5. The molecule has 0 aliphatic heterocycles.